The number of hydrogen-bond donors (Lipinski definition) is 1. The summed E-state index contributed by atoms with van der Waals surface area (Å²) in [6.07, 6.45) is 1.17. The van der Waals surface area contributed by atoms with Gasteiger partial charge < -0.3 is 10.0 Å². The predicted octanol–water partition coefficient (Wildman–Crippen LogP) is 0.641. The molecule has 0 aromatic heterocycles. The van der Waals surface area contributed by atoms with Crippen molar-refractivity contribution in [3.8, 4) is 0 Å². The predicted molar refractivity (Wildman–Crippen MR) is 59.4 cm³/mol. The summed E-state index contributed by atoms with van der Waals surface area (Å²) in [5.74, 6) is 0.711. The molecule has 1 aliphatic heterocycles. The van der Waals surface area contributed by atoms with Gasteiger partial charge in [-0.1, -0.05) is 13.8 Å². The molecule has 14 heavy (non-hydrogen) atoms. The van der Waals surface area contributed by atoms with Crippen LogP contribution in [0.25, 0.3) is 0 Å². The lowest BCUT2D eigenvalue weighted by atomic mass is 10.1. The van der Waals surface area contributed by atoms with E-state index in [9.17, 15) is 5.11 Å². The van der Waals surface area contributed by atoms with Crippen LogP contribution in [-0.2, 0) is 0 Å². The molecular weight excluding hydrogens is 176 g/mol. The summed E-state index contributed by atoms with van der Waals surface area (Å²) in [6.45, 7) is 9.17. The summed E-state index contributed by atoms with van der Waals surface area (Å²) in [6, 6.07) is 0.338. The van der Waals surface area contributed by atoms with Gasteiger partial charge in [0, 0.05) is 25.7 Å². The van der Waals surface area contributed by atoms with Crippen LogP contribution >= 0.6 is 0 Å². The first-order valence-electron chi connectivity index (χ1n) is 5.70. The van der Waals surface area contributed by atoms with Crippen molar-refractivity contribution in [3.63, 3.8) is 0 Å². The van der Waals surface area contributed by atoms with Crippen molar-refractivity contribution in [2.45, 2.75) is 26.3 Å². The van der Waals surface area contributed by atoms with E-state index in [-0.39, 0.29) is 6.61 Å². The Hall–Kier alpha value is -0.120. The van der Waals surface area contributed by atoms with Crippen LogP contribution in [0.5, 0.6) is 0 Å². The van der Waals surface area contributed by atoms with E-state index in [1.807, 2.05) is 0 Å². The Morgan fingerprint density at radius 1 is 1.29 bits per heavy atom. The average molecular weight is 200 g/mol. The second kappa shape index (κ2) is 5.69. The Balaban J connectivity index is 2.59. The standard InChI is InChI=1S/C11H24N2O/c1-4-5-13-7-10(2)6-12(3)8-11(13)9-14/h10-11,14H,4-9H2,1-3H3. The van der Waals surface area contributed by atoms with Crippen LogP contribution < -0.4 is 0 Å². The van der Waals surface area contributed by atoms with Crippen molar-refractivity contribution < 1.29 is 5.11 Å². The number of rotatable bonds is 3. The number of nitrogens with zero attached hydrogens (tertiary/aromatic N) is 2. The largest absolute Gasteiger partial charge is 0.395 e. The van der Waals surface area contributed by atoms with Crippen LogP contribution in [0.4, 0.5) is 0 Å². The molecule has 2 atom stereocenters. The Labute approximate surface area is 87.7 Å². The molecule has 1 fully saturated rings. The molecule has 0 amide bonds. The van der Waals surface area contributed by atoms with E-state index in [0.29, 0.717) is 12.0 Å². The van der Waals surface area contributed by atoms with Gasteiger partial charge in [0.25, 0.3) is 0 Å². The SMILES string of the molecule is CCCN1CC(C)CN(C)CC1CO. The van der Waals surface area contributed by atoms with E-state index in [1.165, 1.54) is 6.42 Å². The van der Waals surface area contributed by atoms with E-state index in [0.717, 1.165) is 26.2 Å². The molecule has 0 spiro atoms. The number of aliphatic hydroxyl groups is 1. The monoisotopic (exact) mass is 200 g/mol. The van der Waals surface area contributed by atoms with Gasteiger partial charge in [0.2, 0.25) is 0 Å². The smallest absolute Gasteiger partial charge is 0.0599 e. The van der Waals surface area contributed by atoms with Crippen molar-refractivity contribution in [1.29, 1.82) is 0 Å². The lowest BCUT2D eigenvalue weighted by Gasteiger charge is -2.29. The maximum Gasteiger partial charge on any atom is 0.0599 e. The van der Waals surface area contributed by atoms with Crippen molar-refractivity contribution >= 4 is 0 Å². The number of likely N-dealkylation sites (N-methyl/N-ethyl adjacent to an activating group) is 1. The normalized spacial score (nSPS) is 31.7. The highest BCUT2D eigenvalue weighted by Gasteiger charge is 2.25. The molecule has 1 saturated heterocycles. The molecule has 0 saturated carbocycles. The Bertz CT molecular complexity index is 163. The fourth-order valence-electron chi connectivity index (χ4n) is 2.42. The molecule has 0 aromatic rings. The topological polar surface area (TPSA) is 26.7 Å². The molecule has 3 nitrogen and oxygen atoms in total. The first-order chi connectivity index (χ1) is 6.67. The zero-order valence-corrected chi connectivity index (χ0v) is 9.74. The third-order valence-corrected chi connectivity index (χ3v) is 2.93. The van der Waals surface area contributed by atoms with E-state index in [2.05, 4.69) is 30.7 Å². The maximum atomic E-state index is 9.35. The number of aliphatic hydroxyl groups excluding tert-OH is 1. The second-order valence-corrected chi connectivity index (χ2v) is 4.66. The summed E-state index contributed by atoms with van der Waals surface area (Å²) >= 11 is 0. The molecule has 2 unspecified atom stereocenters. The zero-order valence-electron chi connectivity index (χ0n) is 9.74. The minimum Gasteiger partial charge on any atom is -0.395 e. The highest BCUT2D eigenvalue weighted by molar-refractivity contribution is 4.80. The maximum absolute atomic E-state index is 9.35. The van der Waals surface area contributed by atoms with Gasteiger partial charge in [-0.2, -0.15) is 0 Å². The van der Waals surface area contributed by atoms with Crippen molar-refractivity contribution in [3.05, 3.63) is 0 Å². The lowest BCUT2D eigenvalue weighted by Crippen LogP contribution is -2.43. The number of hydrogen-bond acceptors (Lipinski definition) is 3. The van der Waals surface area contributed by atoms with Crippen LogP contribution in [0.2, 0.25) is 0 Å². The van der Waals surface area contributed by atoms with Gasteiger partial charge in [0.1, 0.15) is 0 Å². The highest BCUT2D eigenvalue weighted by Crippen LogP contribution is 2.13. The zero-order chi connectivity index (χ0) is 10.6. The van der Waals surface area contributed by atoms with Crippen molar-refractivity contribution in [2.24, 2.45) is 5.92 Å². The van der Waals surface area contributed by atoms with Gasteiger partial charge in [-0.15, -0.1) is 0 Å². The summed E-state index contributed by atoms with van der Waals surface area (Å²) in [5.41, 5.74) is 0. The van der Waals surface area contributed by atoms with Crippen LogP contribution in [0.1, 0.15) is 20.3 Å². The van der Waals surface area contributed by atoms with Crippen LogP contribution in [-0.4, -0.2) is 60.8 Å². The molecule has 84 valence electrons. The lowest BCUT2D eigenvalue weighted by molar-refractivity contribution is 0.114. The van der Waals surface area contributed by atoms with Gasteiger partial charge in [-0.05, 0) is 25.9 Å². The average Bonchev–Trinajstić information content (AvgIpc) is 2.25. The molecule has 1 rings (SSSR count). The first kappa shape index (κ1) is 12.0. The van der Waals surface area contributed by atoms with E-state index < -0.39 is 0 Å². The fourth-order valence-corrected chi connectivity index (χ4v) is 2.42. The molecule has 0 aliphatic carbocycles. The van der Waals surface area contributed by atoms with E-state index in [4.69, 9.17) is 0 Å². The van der Waals surface area contributed by atoms with Crippen LogP contribution in [0, 0.1) is 5.92 Å². The fraction of sp³-hybridized carbons (Fsp3) is 1.00. The molecule has 0 aromatic carbocycles. The third kappa shape index (κ3) is 3.23. The summed E-state index contributed by atoms with van der Waals surface area (Å²) < 4.78 is 0. The van der Waals surface area contributed by atoms with E-state index in [1.54, 1.807) is 0 Å². The Kier molecular flexibility index (Phi) is 4.85. The molecular formula is C11H24N2O. The van der Waals surface area contributed by atoms with Gasteiger partial charge in [-0.3, -0.25) is 4.90 Å². The molecule has 1 aliphatic rings. The van der Waals surface area contributed by atoms with Gasteiger partial charge in [0.15, 0.2) is 0 Å². The minimum atomic E-state index is 0.289. The summed E-state index contributed by atoms with van der Waals surface area (Å²) in [7, 11) is 2.15. The van der Waals surface area contributed by atoms with Crippen molar-refractivity contribution in [1.82, 2.24) is 9.80 Å². The minimum absolute atomic E-state index is 0.289. The molecule has 0 radical (unpaired) electrons. The third-order valence-electron chi connectivity index (χ3n) is 2.93. The Morgan fingerprint density at radius 2 is 2.00 bits per heavy atom. The van der Waals surface area contributed by atoms with Gasteiger partial charge in [-0.25, -0.2) is 0 Å². The van der Waals surface area contributed by atoms with Crippen LogP contribution in [0.3, 0.4) is 0 Å². The molecule has 1 heterocycles. The van der Waals surface area contributed by atoms with Crippen molar-refractivity contribution in [2.75, 3.05) is 39.8 Å². The van der Waals surface area contributed by atoms with E-state index >= 15 is 0 Å². The molecule has 1 N–H and O–H groups in total. The van der Waals surface area contributed by atoms with Gasteiger partial charge in [0.05, 0.1) is 6.61 Å². The highest BCUT2D eigenvalue weighted by atomic mass is 16.3. The molecule has 3 heteroatoms. The quantitative estimate of drug-likeness (QED) is 0.724. The summed E-state index contributed by atoms with van der Waals surface area (Å²) in [4.78, 5) is 4.77. The molecule has 0 bridgehead atoms. The Morgan fingerprint density at radius 3 is 2.57 bits per heavy atom. The van der Waals surface area contributed by atoms with Gasteiger partial charge >= 0.3 is 0 Å². The summed E-state index contributed by atoms with van der Waals surface area (Å²) in [5, 5.41) is 9.35. The second-order valence-electron chi connectivity index (χ2n) is 4.66. The first-order valence-corrected chi connectivity index (χ1v) is 5.70. The van der Waals surface area contributed by atoms with Crippen LogP contribution in [0.15, 0.2) is 0 Å².